The monoisotopic (exact) mass is 359 g/mol. The zero-order valence-electron chi connectivity index (χ0n) is 15.2. The second-order valence-electron chi connectivity index (χ2n) is 7.95. The fourth-order valence-electron chi connectivity index (χ4n) is 4.48. The molecule has 1 N–H and O–H groups in total. The second kappa shape index (κ2) is 5.70. The lowest BCUT2D eigenvalue weighted by molar-refractivity contribution is -0.134. The summed E-state index contributed by atoms with van der Waals surface area (Å²) in [5.74, 6) is 1.03. The van der Waals surface area contributed by atoms with Crippen LogP contribution in [0.2, 0.25) is 0 Å². The lowest BCUT2D eigenvalue weighted by Gasteiger charge is -2.42. The van der Waals surface area contributed by atoms with Gasteiger partial charge < -0.3 is 23.7 Å². The standard InChI is InChI=1S/C20H25NO5/c1-18(2)21-12-17(26-18)19(5-7-20(8-6-19)24-9-10-25-20)14-3-4-15-16(11-14)23-13-22-15/h3-5,7,11,17,21H,6,8-10,12-13H2,1-2H3/t17-,19-/m0/s1. The highest BCUT2D eigenvalue weighted by atomic mass is 16.7. The normalized spacial score (nSPS) is 33.8. The van der Waals surface area contributed by atoms with E-state index in [1.807, 2.05) is 6.07 Å². The molecule has 0 unspecified atom stereocenters. The zero-order valence-corrected chi connectivity index (χ0v) is 15.2. The maximum Gasteiger partial charge on any atom is 0.231 e. The largest absolute Gasteiger partial charge is 0.454 e. The Morgan fingerprint density at radius 1 is 1.00 bits per heavy atom. The Labute approximate surface area is 153 Å². The summed E-state index contributed by atoms with van der Waals surface area (Å²) in [6.45, 7) is 6.50. The lowest BCUT2D eigenvalue weighted by Crippen LogP contribution is -2.46. The van der Waals surface area contributed by atoms with Crippen LogP contribution in [0.1, 0.15) is 32.3 Å². The molecule has 0 aromatic heterocycles. The highest BCUT2D eigenvalue weighted by Gasteiger charge is 2.50. The molecule has 26 heavy (non-hydrogen) atoms. The van der Waals surface area contributed by atoms with Gasteiger partial charge in [0, 0.05) is 18.4 Å². The third-order valence-corrected chi connectivity index (χ3v) is 5.93. The molecular formula is C20H25NO5. The molecule has 2 saturated heterocycles. The van der Waals surface area contributed by atoms with E-state index < -0.39 is 5.79 Å². The van der Waals surface area contributed by atoms with Crippen molar-refractivity contribution in [2.75, 3.05) is 26.6 Å². The van der Waals surface area contributed by atoms with Gasteiger partial charge in [0.05, 0.1) is 19.3 Å². The van der Waals surface area contributed by atoms with Crippen molar-refractivity contribution in [3.05, 3.63) is 35.9 Å². The van der Waals surface area contributed by atoms with Crippen molar-refractivity contribution in [3.8, 4) is 11.5 Å². The average Bonchev–Trinajstić information content (AvgIpc) is 3.36. The fourth-order valence-corrected chi connectivity index (χ4v) is 4.48. The third kappa shape index (κ3) is 2.55. The molecule has 0 bridgehead atoms. The first kappa shape index (κ1) is 16.6. The van der Waals surface area contributed by atoms with Crippen molar-refractivity contribution in [1.29, 1.82) is 0 Å². The lowest BCUT2D eigenvalue weighted by atomic mass is 9.68. The Morgan fingerprint density at radius 2 is 1.81 bits per heavy atom. The molecule has 140 valence electrons. The van der Waals surface area contributed by atoms with E-state index in [1.54, 1.807) is 0 Å². The molecule has 1 aromatic rings. The van der Waals surface area contributed by atoms with Gasteiger partial charge in [-0.2, -0.15) is 0 Å². The average molecular weight is 359 g/mol. The molecule has 0 radical (unpaired) electrons. The SMILES string of the molecule is CC1(C)NC[C@@H]([C@@]2(c3ccc4c(c3)OCO4)C=CC3(CC2)OCCO3)O1. The minimum atomic E-state index is -0.568. The second-order valence-corrected chi connectivity index (χ2v) is 7.95. The molecule has 2 fully saturated rings. The molecule has 0 amide bonds. The minimum Gasteiger partial charge on any atom is -0.454 e. The number of benzene rings is 1. The number of hydrogen-bond donors (Lipinski definition) is 1. The van der Waals surface area contributed by atoms with Gasteiger partial charge in [0.15, 0.2) is 17.3 Å². The first-order chi connectivity index (χ1) is 12.5. The molecule has 2 atom stereocenters. The van der Waals surface area contributed by atoms with E-state index in [-0.39, 0.29) is 24.0 Å². The molecule has 6 heteroatoms. The van der Waals surface area contributed by atoms with Gasteiger partial charge in [-0.05, 0) is 44.0 Å². The van der Waals surface area contributed by atoms with Gasteiger partial charge in [-0.1, -0.05) is 12.1 Å². The van der Waals surface area contributed by atoms with Crippen molar-refractivity contribution in [1.82, 2.24) is 5.32 Å². The van der Waals surface area contributed by atoms with Crippen LogP contribution in [0.5, 0.6) is 11.5 Å². The number of fused-ring (bicyclic) bond motifs is 1. The molecule has 0 saturated carbocycles. The Balaban J connectivity index is 1.56. The Hall–Kier alpha value is -1.60. The summed E-state index contributed by atoms with van der Waals surface area (Å²) in [4.78, 5) is 0. The highest BCUT2D eigenvalue weighted by molar-refractivity contribution is 5.49. The maximum absolute atomic E-state index is 6.40. The van der Waals surface area contributed by atoms with Crippen molar-refractivity contribution >= 4 is 0 Å². The van der Waals surface area contributed by atoms with E-state index >= 15 is 0 Å². The van der Waals surface area contributed by atoms with Crippen LogP contribution in [-0.2, 0) is 19.6 Å². The van der Waals surface area contributed by atoms with E-state index in [0.717, 1.165) is 30.9 Å². The van der Waals surface area contributed by atoms with Gasteiger partial charge in [0.1, 0.15) is 5.72 Å². The van der Waals surface area contributed by atoms with Crippen LogP contribution in [0.4, 0.5) is 0 Å². The van der Waals surface area contributed by atoms with Crippen molar-refractivity contribution in [2.45, 2.75) is 49.7 Å². The summed E-state index contributed by atoms with van der Waals surface area (Å²) in [7, 11) is 0. The number of nitrogens with one attached hydrogen (secondary N) is 1. The number of ether oxygens (including phenoxy) is 5. The molecule has 1 spiro atoms. The smallest absolute Gasteiger partial charge is 0.231 e. The van der Waals surface area contributed by atoms with Gasteiger partial charge in [-0.3, -0.25) is 5.32 Å². The summed E-state index contributed by atoms with van der Waals surface area (Å²) < 4.78 is 29.3. The summed E-state index contributed by atoms with van der Waals surface area (Å²) in [5, 5.41) is 3.48. The van der Waals surface area contributed by atoms with E-state index in [0.29, 0.717) is 13.2 Å². The number of hydrogen-bond acceptors (Lipinski definition) is 6. The van der Waals surface area contributed by atoms with Crippen molar-refractivity contribution in [3.63, 3.8) is 0 Å². The Kier molecular flexibility index (Phi) is 3.63. The van der Waals surface area contributed by atoms with Crippen LogP contribution in [0, 0.1) is 0 Å². The maximum atomic E-state index is 6.40. The fraction of sp³-hybridized carbons (Fsp3) is 0.600. The van der Waals surface area contributed by atoms with E-state index in [1.165, 1.54) is 5.56 Å². The molecule has 3 aliphatic heterocycles. The summed E-state index contributed by atoms with van der Waals surface area (Å²) in [5.41, 5.74) is 0.579. The third-order valence-electron chi connectivity index (χ3n) is 5.93. The van der Waals surface area contributed by atoms with Crippen LogP contribution >= 0.6 is 0 Å². The van der Waals surface area contributed by atoms with Crippen LogP contribution < -0.4 is 14.8 Å². The molecule has 1 aliphatic carbocycles. The van der Waals surface area contributed by atoms with E-state index in [4.69, 9.17) is 23.7 Å². The Morgan fingerprint density at radius 3 is 2.50 bits per heavy atom. The van der Waals surface area contributed by atoms with Crippen LogP contribution in [0.3, 0.4) is 0 Å². The summed E-state index contributed by atoms with van der Waals surface area (Å²) in [6.07, 6.45) is 6.02. The van der Waals surface area contributed by atoms with Crippen molar-refractivity contribution in [2.24, 2.45) is 0 Å². The van der Waals surface area contributed by atoms with Crippen LogP contribution in [0.25, 0.3) is 0 Å². The molecule has 4 aliphatic rings. The Bertz CT molecular complexity index is 740. The quantitative estimate of drug-likeness (QED) is 0.819. The van der Waals surface area contributed by atoms with Gasteiger partial charge >= 0.3 is 0 Å². The van der Waals surface area contributed by atoms with Gasteiger partial charge in [0.2, 0.25) is 6.79 Å². The molecule has 6 nitrogen and oxygen atoms in total. The summed E-state index contributed by atoms with van der Waals surface area (Å²) in [6, 6.07) is 6.21. The molecular weight excluding hydrogens is 334 g/mol. The molecule has 3 heterocycles. The first-order valence-corrected chi connectivity index (χ1v) is 9.32. The topological polar surface area (TPSA) is 58.2 Å². The van der Waals surface area contributed by atoms with E-state index in [9.17, 15) is 0 Å². The van der Waals surface area contributed by atoms with E-state index in [2.05, 4.69) is 43.4 Å². The number of rotatable bonds is 2. The van der Waals surface area contributed by atoms with Crippen LogP contribution in [-0.4, -0.2) is 44.2 Å². The van der Waals surface area contributed by atoms with Gasteiger partial charge in [-0.25, -0.2) is 0 Å². The van der Waals surface area contributed by atoms with Crippen LogP contribution in [0.15, 0.2) is 30.4 Å². The van der Waals surface area contributed by atoms with Crippen molar-refractivity contribution < 1.29 is 23.7 Å². The van der Waals surface area contributed by atoms with Gasteiger partial charge in [-0.15, -0.1) is 0 Å². The molecule has 5 rings (SSSR count). The molecule has 1 aromatic carbocycles. The zero-order chi connectivity index (χ0) is 17.8. The summed E-state index contributed by atoms with van der Waals surface area (Å²) >= 11 is 0. The highest BCUT2D eigenvalue weighted by Crippen LogP contribution is 2.48. The minimum absolute atomic E-state index is 0.0212. The predicted molar refractivity (Wildman–Crippen MR) is 94.2 cm³/mol. The van der Waals surface area contributed by atoms with Gasteiger partial charge in [0.25, 0.3) is 0 Å². The predicted octanol–water partition coefficient (Wildman–Crippen LogP) is 2.47. The first-order valence-electron chi connectivity index (χ1n) is 9.32.